The summed E-state index contributed by atoms with van der Waals surface area (Å²) >= 11 is 0. The Labute approximate surface area is 144 Å². The summed E-state index contributed by atoms with van der Waals surface area (Å²) in [6, 6.07) is 8.04. The van der Waals surface area contributed by atoms with E-state index in [9.17, 15) is 9.90 Å². The van der Waals surface area contributed by atoms with Crippen molar-refractivity contribution >= 4 is 5.91 Å². The fourth-order valence-electron chi connectivity index (χ4n) is 3.85. The Morgan fingerprint density at radius 2 is 1.92 bits per heavy atom. The summed E-state index contributed by atoms with van der Waals surface area (Å²) in [6.07, 6.45) is 2.68. The van der Waals surface area contributed by atoms with Crippen molar-refractivity contribution in [1.29, 1.82) is 0 Å². The number of rotatable bonds is 5. The molecule has 0 spiro atoms. The first-order valence-corrected chi connectivity index (χ1v) is 9.13. The Morgan fingerprint density at radius 3 is 2.67 bits per heavy atom. The summed E-state index contributed by atoms with van der Waals surface area (Å²) in [4.78, 5) is 16.9. The van der Waals surface area contributed by atoms with E-state index in [1.165, 1.54) is 5.56 Å². The van der Waals surface area contributed by atoms with Crippen molar-refractivity contribution < 1.29 is 9.90 Å². The van der Waals surface area contributed by atoms with Gasteiger partial charge in [0.1, 0.15) is 5.60 Å². The largest absolute Gasteiger partial charge is 0.383 e. The number of piperazine rings is 1. The number of hydrogen-bond acceptors (Lipinski definition) is 4. The van der Waals surface area contributed by atoms with Gasteiger partial charge in [-0.2, -0.15) is 0 Å². The molecule has 0 bridgehead atoms. The molecule has 0 saturated carbocycles. The van der Waals surface area contributed by atoms with Crippen LogP contribution in [-0.4, -0.2) is 66.6 Å². The minimum absolute atomic E-state index is 0.0106. The third-order valence-corrected chi connectivity index (χ3v) is 5.41. The van der Waals surface area contributed by atoms with Gasteiger partial charge in [0.15, 0.2) is 0 Å². The number of fused-ring (bicyclic) bond motifs is 1. The third-order valence-electron chi connectivity index (χ3n) is 5.41. The maximum atomic E-state index is 12.3. The highest BCUT2D eigenvalue weighted by molar-refractivity contribution is 5.78. The van der Waals surface area contributed by atoms with Crippen LogP contribution in [0, 0.1) is 0 Å². The summed E-state index contributed by atoms with van der Waals surface area (Å²) in [5.41, 5.74) is 1.26. The van der Waals surface area contributed by atoms with E-state index in [0.717, 1.165) is 51.1 Å². The number of carbonyl (C=O) groups is 1. The van der Waals surface area contributed by atoms with E-state index in [2.05, 4.69) is 28.1 Å². The molecule has 1 aromatic rings. The first-order chi connectivity index (χ1) is 11.6. The van der Waals surface area contributed by atoms with Crippen LogP contribution in [-0.2, 0) is 16.8 Å². The number of hydrogen-bond donors (Lipinski definition) is 2. The molecule has 2 N–H and O–H groups in total. The zero-order valence-electron chi connectivity index (χ0n) is 14.6. The van der Waals surface area contributed by atoms with Crippen molar-refractivity contribution in [3.63, 3.8) is 0 Å². The van der Waals surface area contributed by atoms with E-state index < -0.39 is 5.60 Å². The minimum Gasteiger partial charge on any atom is -0.383 e. The van der Waals surface area contributed by atoms with Crippen molar-refractivity contribution in [3.05, 3.63) is 35.4 Å². The molecule has 1 aliphatic carbocycles. The highest BCUT2D eigenvalue weighted by atomic mass is 16.3. The van der Waals surface area contributed by atoms with Gasteiger partial charge in [-0.25, -0.2) is 0 Å². The summed E-state index contributed by atoms with van der Waals surface area (Å²) in [6.45, 7) is 7.91. The zero-order valence-corrected chi connectivity index (χ0v) is 14.6. The van der Waals surface area contributed by atoms with Crippen LogP contribution in [0.4, 0.5) is 0 Å². The average molecular weight is 331 g/mol. The summed E-state index contributed by atoms with van der Waals surface area (Å²) in [5.74, 6) is 0.0106. The van der Waals surface area contributed by atoms with E-state index in [4.69, 9.17) is 0 Å². The first kappa shape index (κ1) is 17.4. The van der Waals surface area contributed by atoms with Gasteiger partial charge in [-0.1, -0.05) is 31.2 Å². The lowest BCUT2D eigenvalue weighted by Crippen LogP contribution is -2.50. The Bertz CT molecular complexity index is 569. The molecule has 1 fully saturated rings. The van der Waals surface area contributed by atoms with Crippen LogP contribution in [0.1, 0.15) is 30.9 Å². The number of aliphatic hydroxyl groups is 1. The number of aryl methyl sites for hydroxylation is 1. The van der Waals surface area contributed by atoms with Gasteiger partial charge in [-0.15, -0.1) is 0 Å². The molecule has 1 aliphatic heterocycles. The van der Waals surface area contributed by atoms with Crippen LogP contribution in [0.15, 0.2) is 24.3 Å². The van der Waals surface area contributed by atoms with Crippen LogP contribution in [0.3, 0.4) is 0 Å². The molecular formula is C19H29N3O2. The van der Waals surface area contributed by atoms with Crippen LogP contribution in [0.25, 0.3) is 0 Å². The number of likely N-dealkylation sites (N-methyl/N-ethyl adjacent to an activating group) is 1. The lowest BCUT2D eigenvalue weighted by Gasteiger charge is -2.36. The van der Waals surface area contributed by atoms with Gasteiger partial charge in [0.25, 0.3) is 0 Å². The number of nitrogens with one attached hydrogen (secondary N) is 1. The molecule has 0 radical (unpaired) electrons. The Balaban J connectivity index is 1.52. The molecule has 1 heterocycles. The first-order valence-electron chi connectivity index (χ1n) is 9.13. The highest BCUT2D eigenvalue weighted by Crippen LogP contribution is 2.34. The molecule has 0 aromatic heterocycles. The predicted molar refractivity (Wildman–Crippen MR) is 94.8 cm³/mol. The normalized spacial score (nSPS) is 25.2. The van der Waals surface area contributed by atoms with E-state index >= 15 is 0 Å². The topological polar surface area (TPSA) is 55.8 Å². The van der Waals surface area contributed by atoms with Gasteiger partial charge in [0.2, 0.25) is 5.91 Å². The minimum atomic E-state index is -0.925. The highest BCUT2D eigenvalue weighted by Gasteiger charge is 2.34. The number of amides is 1. The molecule has 132 valence electrons. The molecule has 24 heavy (non-hydrogen) atoms. The maximum Gasteiger partial charge on any atom is 0.234 e. The molecular weight excluding hydrogens is 302 g/mol. The molecule has 1 unspecified atom stereocenters. The molecule has 1 amide bonds. The van der Waals surface area contributed by atoms with E-state index in [1.54, 1.807) is 0 Å². The quantitative estimate of drug-likeness (QED) is 0.844. The zero-order chi connectivity index (χ0) is 17.0. The van der Waals surface area contributed by atoms with Crippen LogP contribution in [0.5, 0.6) is 0 Å². The summed E-state index contributed by atoms with van der Waals surface area (Å²) < 4.78 is 0. The smallest absolute Gasteiger partial charge is 0.234 e. The van der Waals surface area contributed by atoms with Gasteiger partial charge in [0, 0.05) is 26.2 Å². The van der Waals surface area contributed by atoms with Gasteiger partial charge in [-0.05, 0) is 36.9 Å². The Hall–Kier alpha value is -1.43. The number of nitrogens with zero attached hydrogens (tertiary/aromatic N) is 2. The van der Waals surface area contributed by atoms with Crippen molar-refractivity contribution in [2.45, 2.75) is 31.8 Å². The SMILES string of the molecule is CCN1CCN(CC(=O)NCC2(O)CCCc3ccccc32)CC1. The van der Waals surface area contributed by atoms with Crippen molar-refractivity contribution in [2.24, 2.45) is 0 Å². The predicted octanol–water partition coefficient (Wildman–Crippen LogP) is 0.964. The molecule has 1 aromatic carbocycles. The molecule has 3 rings (SSSR count). The molecule has 2 aliphatic rings. The van der Waals surface area contributed by atoms with Crippen molar-refractivity contribution in [2.75, 3.05) is 45.8 Å². The van der Waals surface area contributed by atoms with Crippen molar-refractivity contribution in [1.82, 2.24) is 15.1 Å². The van der Waals surface area contributed by atoms with Gasteiger partial charge < -0.3 is 15.3 Å². The van der Waals surface area contributed by atoms with Crippen LogP contribution < -0.4 is 5.32 Å². The number of benzene rings is 1. The third kappa shape index (κ3) is 3.97. The Kier molecular flexibility index (Phi) is 5.54. The lowest BCUT2D eigenvalue weighted by molar-refractivity contribution is -0.124. The van der Waals surface area contributed by atoms with E-state index in [1.807, 2.05) is 18.2 Å². The van der Waals surface area contributed by atoms with Crippen molar-refractivity contribution in [3.8, 4) is 0 Å². The van der Waals surface area contributed by atoms with Gasteiger partial charge >= 0.3 is 0 Å². The van der Waals surface area contributed by atoms with Crippen LogP contribution in [0.2, 0.25) is 0 Å². The maximum absolute atomic E-state index is 12.3. The fourth-order valence-corrected chi connectivity index (χ4v) is 3.85. The second kappa shape index (κ2) is 7.64. The van der Waals surface area contributed by atoms with E-state index in [0.29, 0.717) is 19.5 Å². The van der Waals surface area contributed by atoms with Gasteiger partial charge in [0.05, 0.1) is 13.1 Å². The molecule has 1 atom stereocenters. The second-order valence-electron chi connectivity index (χ2n) is 7.03. The fraction of sp³-hybridized carbons (Fsp3) is 0.632. The summed E-state index contributed by atoms with van der Waals surface area (Å²) in [7, 11) is 0. The van der Waals surface area contributed by atoms with Crippen LogP contribution >= 0.6 is 0 Å². The monoisotopic (exact) mass is 331 g/mol. The standard InChI is InChI=1S/C19H29N3O2/c1-2-21-10-12-22(13-11-21)14-18(23)20-15-19(24)9-5-7-16-6-3-4-8-17(16)19/h3-4,6,8,24H,2,5,7,9-15H2,1H3,(H,20,23). The summed E-state index contributed by atoms with van der Waals surface area (Å²) in [5, 5.41) is 14.0. The molecule has 5 nitrogen and oxygen atoms in total. The lowest BCUT2D eigenvalue weighted by atomic mass is 9.79. The number of carbonyl (C=O) groups excluding carboxylic acids is 1. The van der Waals surface area contributed by atoms with E-state index in [-0.39, 0.29) is 5.91 Å². The molecule has 1 saturated heterocycles. The molecule has 5 heteroatoms. The Morgan fingerprint density at radius 1 is 1.21 bits per heavy atom. The van der Waals surface area contributed by atoms with Gasteiger partial charge in [-0.3, -0.25) is 9.69 Å². The second-order valence-corrected chi connectivity index (χ2v) is 7.03. The average Bonchev–Trinajstić information content (AvgIpc) is 2.61.